The van der Waals surface area contributed by atoms with Crippen LogP contribution in [0.3, 0.4) is 0 Å². The number of benzene rings is 2. The first-order valence-corrected chi connectivity index (χ1v) is 9.57. The fourth-order valence-electron chi connectivity index (χ4n) is 2.27. The summed E-state index contributed by atoms with van der Waals surface area (Å²) < 4.78 is 37.8. The molecule has 0 bridgehead atoms. The zero-order valence-electron chi connectivity index (χ0n) is 13.8. The van der Waals surface area contributed by atoms with Crippen molar-refractivity contribution in [2.45, 2.75) is 11.3 Å². The number of halogens is 1. The van der Waals surface area contributed by atoms with E-state index in [0.29, 0.717) is 28.1 Å². The van der Waals surface area contributed by atoms with E-state index in [1.165, 1.54) is 24.3 Å². The molecule has 1 aromatic heterocycles. The fourth-order valence-corrected chi connectivity index (χ4v) is 3.43. The maximum Gasteiger partial charge on any atom is 0.251 e. The van der Waals surface area contributed by atoms with Crippen LogP contribution in [0.4, 0.5) is 0 Å². The van der Waals surface area contributed by atoms with Crippen LogP contribution in [0.15, 0.2) is 57.8 Å². The standard InChI is InChI=1S/C17H16ClN3O4S/c1-24-15-5-3-2-4-14(15)17-21-20-16(25-17)10-11-19-26(22,23)13-8-6-12(18)7-9-13/h2-9,19H,10-11H2,1H3. The normalized spacial score (nSPS) is 11.5. The molecule has 0 atom stereocenters. The van der Waals surface area contributed by atoms with Gasteiger partial charge in [0, 0.05) is 18.0 Å². The Labute approximate surface area is 156 Å². The number of nitrogens with one attached hydrogen (secondary N) is 1. The van der Waals surface area contributed by atoms with Crippen LogP contribution in [0.5, 0.6) is 5.75 Å². The summed E-state index contributed by atoms with van der Waals surface area (Å²) in [5.74, 6) is 1.26. The lowest BCUT2D eigenvalue weighted by Gasteiger charge is -2.05. The van der Waals surface area contributed by atoms with Crippen molar-refractivity contribution in [3.05, 3.63) is 59.4 Å². The van der Waals surface area contributed by atoms with E-state index in [-0.39, 0.29) is 17.9 Å². The van der Waals surface area contributed by atoms with E-state index in [1.807, 2.05) is 12.1 Å². The number of para-hydroxylation sites is 1. The Balaban J connectivity index is 1.64. The number of aromatic nitrogens is 2. The van der Waals surface area contributed by atoms with Gasteiger partial charge in [0.1, 0.15) is 5.75 Å². The number of methoxy groups -OCH3 is 1. The molecule has 0 saturated carbocycles. The molecule has 0 fully saturated rings. The molecule has 0 amide bonds. The highest BCUT2D eigenvalue weighted by atomic mass is 35.5. The fraction of sp³-hybridized carbons (Fsp3) is 0.176. The minimum Gasteiger partial charge on any atom is -0.496 e. The van der Waals surface area contributed by atoms with Gasteiger partial charge in [-0.1, -0.05) is 23.7 Å². The van der Waals surface area contributed by atoms with Crippen molar-refractivity contribution < 1.29 is 17.6 Å². The first-order chi connectivity index (χ1) is 12.5. The van der Waals surface area contributed by atoms with Gasteiger partial charge in [-0.05, 0) is 36.4 Å². The van der Waals surface area contributed by atoms with Crippen LogP contribution < -0.4 is 9.46 Å². The predicted molar refractivity (Wildman–Crippen MR) is 96.6 cm³/mol. The van der Waals surface area contributed by atoms with Gasteiger partial charge < -0.3 is 9.15 Å². The first kappa shape index (κ1) is 18.4. The Bertz CT molecular complexity index is 987. The summed E-state index contributed by atoms with van der Waals surface area (Å²) in [4.78, 5) is 0.141. The summed E-state index contributed by atoms with van der Waals surface area (Å²) in [6, 6.07) is 13.2. The molecule has 1 N–H and O–H groups in total. The Morgan fingerprint density at radius 3 is 2.58 bits per heavy atom. The number of ether oxygens (including phenoxy) is 1. The Morgan fingerprint density at radius 2 is 1.85 bits per heavy atom. The predicted octanol–water partition coefficient (Wildman–Crippen LogP) is 2.92. The van der Waals surface area contributed by atoms with Crippen LogP contribution in [0.2, 0.25) is 5.02 Å². The molecule has 7 nitrogen and oxygen atoms in total. The molecule has 3 rings (SSSR count). The molecule has 3 aromatic rings. The molecule has 26 heavy (non-hydrogen) atoms. The van der Waals surface area contributed by atoms with Gasteiger partial charge in [-0.15, -0.1) is 10.2 Å². The van der Waals surface area contributed by atoms with Crippen molar-refractivity contribution in [1.82, 2.24) is 14.9 Å². The molecule has 0 spiro atoms. The van der Waals surface area contributed by atoms with Crippen molar-refractivity contribution in [2.24, 2.45) is 0 Å². The number of nitrogens with zero attached hydrogens (tertiary/aromatic N) is 2. The number of sulfonamides is 1. The first-order valence-electron chi connectivity index (χ1n) is 7.70. The van der Waals surface area contributed by atoms with E-state index in [2.05, 4.69) is 14.9 Å². The highest BCUT2D eigenvalue weighted by molar-refractivity contribution is 7.89. The van der Waals surface area contributed by atoms with Crippen LogP contribution in [-0.4, -0.2) is 32.3 Å². The average molecular weight is 394 g/mol. The molecule has 0 saturated heterocycles. The number of hydrogen-bond donors (Lipinski definition) is 1. The van der Waals surface area contributed by atoms with Gasteiger partial charge in [-0.3, -0.25) is 0 Å². The summed E-state index contributed by atoms with van der Waals surface area (Å²) in [5.41, 5.74) is 0.676. The SMILES string of the molecule is COc1ccccc1-c1nnc(CCNS(=O)(=O)c2ccc(Cl)cc2)o1. The Morgan fingerprint density at radius 1 is 1.12 bits per heavy atom. The van der Waals surface area contributed by atoms with E-state index in [0.717, 1.165) is 0 Å². The molecule has 0 aliphatic heterocycles. The smallest absolute Gasteiger partial charge is 0.251 e. The van der Waals surface area contributed by atoms with Crippen LogP contribution in [0.25, 0.3) is 11.5 Å². The largest absolute Gasteiger partial charge is 0.496 e. The second-order valence-electron chi connectivity index (χ2n) is 5.30. The van der Waals surface area contributed by atoms with Crippen molar-refractivity contribution in [2.75, 3.05) is 13.7 Å². The lowest BCUT2D eigenvalue weighted by atomic mass is 10.2. The molecule has 0 aliphatic rings. The Hall–Kier alpha value is -2.42. The topological polar surface area (TPSA) is 94.3 Å². The van der Waals surface area contributed by atoms with Crippen LogP contribution >= 0.6 is 11.6 Å². The zero-order valence-corrected chi connectivity index (χ0v) is 15.4. The molecule has 0 radical (unpaired) electrons. The van der Waals surface area contributed by atoms with E-state index < -0.39 is 10.0 Å². The molecule has 9 heteroatoms. The molecule has 1 heterocycles. The highest BCUT2D eigenvalue weighted by Gasteiger charge is 2.16. The van der Waals surface area contributed by atoms with Crippen molar-refractivity contribution in [3.8, 4) is 17.2 Å². The molecule has 136 valence electrons. The van der Waals surface area contributed by atoms with Gasteiger partial charge >= 0.3 is 0 Å². The Kier molecular flexibility index (Phi) is 5.55. The van der Waals surface area contributed by atoms with Gasteiger partial charge in [0.25, 0.3) is 5.89 Å². The lowest BCUT2D eigenvalue weighted by Crippen LogP contribution is -2.26. The van der Waals surface area contributed by atoms with Crippen LogP contribution in [0, 0.1) is 0 Å². The average Bonchev–Trinajstić information content (AvgIpc) is 3.10. The number of rotatable bonds is 7. The van der Waals surface area contributed by atoms with Crippen molar-refractivity contribution in [3.63, 3.8) is 0 Å². The maximum atomic E-state index is 12.2. The summed E-state index contributed by atoms with van der Waals surface area (Å²) in [7, 11) is -2.06. The van der Waals surface area contributed by atoms with Crippen LogP contribution in [-0.2, 0) is 16.4 Å². The minimum atomic E-state index is -3.62. The second kappa shape index (κ2) is 7.86. The third kappa shape index (κ3) is 4.21. The highest BCUT2D eigenvalue weighted by Crippen LogP contribution is 2.28. The van der Waals surface area contributed by atoms with Gasteiger partial charge in [0.2, 0.25) is 15.9 Å². The number of hydrogen-bond acceptors (Lipinski definition) is 6. The van der Waals surface area contributed by atoms with E-state index >= 15 is 0 Å². The van der Waals surface area contributed by atoms with E-state index in [9.17, 15) is 8.42 Å². The van der Waals surface area contributed by atoms with Gasteiger partial charge in [-0.25, -0.2) is 13.1 Å². The molecule has 0 aliphatic carbocycles. The molecular weight excluding hydrogens is 378 g/mol. The van der Waals surface area contributed by atoms with Crippen LogP contribution in [0.1, 0.15) is 5.89 Å². The van der Waals surface area contributed by atoms with Gasteiger partial charge in [0.05, 0.1) is 17.6 Å². The van der Waals surface area contributed by atoms with Gasteiger partial charge in [0.15, 0.2) is 0 Å². The quantitative estimate of drug-likeness (QED) is 0.663. The van der Waals surface area contributed by atoms with Crippen molar-refractivity contribution >= 4 is 21.6 Å². The molecule has 0 unspecified atom stereocenters. The van der Waals surface area contributed by atoms with E-state index in [4.69, 9.17) is 20.8 Å². The minimum absolute atomic E-state index is 0.124. The molecular formula is C17H16ClN3O4S. The molecule has 2 aromatic carbocycles. The summed E-state index contributed by atoms with van der Waals surface area (Å²) in [6.45, 7) is 0.124. The summed E-state index contributed by atoms with van der Waals surface area (Å²) >= 11 is 5.77. The zero-order chi connectivity index (χ0) is 18.6. The summed E-state index contributed by atoms with van der Waals surface area (Å²) in [6.07, 6.45) is 0.259. The lowest BCUT2D eigenvalue weighted by molar-refractivity contribution is 0.413. The van der Waals surface area contributed by atoms with E-state index in [1.54, 1.807) is 19.2 Å². The third-order valence-electron chi connectivity index (χ3n) is 3.56. The van der Waals surface area contributed by atoms with Crippen molar-refractivity contribution in [1.29, 1.82) is 0 Å². The monoisotopic (exact) mass is 393 g/mol. The second-order valence-corrected chi connectivity index (χ2v) is 7.51. The van der Waals surface area contributed by atoms with Gasteiger partial charge in [-0.2, -0.15) is 0 Å². The maximum absolute atomic E-state index is 12.2. The summed E-state index contributed by atoms with van der Waals surface area (Å²) in [5, 5.41) is 8.41. The third-order valence-corrected chi connectivity index (χ3v) is 5.29.